The van der Waals surface area contributed by atoms with Gasteiger partial charge in [-0.05, 0) is 25.1 Å². The van der Waals surface area contributed by atoms with Crippen LogP contribution in [0.2, 0.25) is 0 Å². The third-order valence-corrected chi connectivity index (χ3v) is 6.63. The Morgan fingerprint density at radius 3 is 2.55 bits per heavy atom. The summed E-state index contributed by atoms with van der Waals surface area (Å²) in [5.41, 5.74) is 0.305. The molecule has 0 bridgehead atoms. The lowest BCUT2D eigenvalue weighted by molar-refractivity contribution is 0.0936. The number of hydrogen-bond acceptors (Lipinski definition) is 6. The lowest BCUT2D eigenvalue weighted by atomic mass is 10.1. The SMILES string of the molecule is CCS(=O)(=O)N1CCN(CCNC(=O)c2cc(-c3ccc(F)c(F)c3)on2)CC1. The maximum Gasteiger partial charge on any atom is 0.273 e. The summed E-state index contributed by atoms with van der Waals surface area (Å²) in [4.78, 5) is 14.3. The second-order valence-electron chi connectivity index (χ2n) is 6.60. The first-order valence-corrected chi connectivity index (χ1v) is 10.8. The first-order chi connectivity index (χ1) is 13.8. The van der Waals surface area contributed by atoms with Crippen LogP contribution in [-0.2, 0) is 10.0 Å². The van der Waals surface area contributed by atoms with Crippen LogP contribution in [-0.4, -0.2) is 73.7 Å². The van der Waals surface area contributed by atoms with Crippen molar-refractivity contribution in [2.45, 2.75) is 6.92 Å². The number of rotatable bonds is 7. The van der Waals surface area contributed by atoms with E-state index in [1.165, 1.54) is 16.4 Å². The summed E-state index contributed by atoms with van der Waals surface area (Å²) in [7, 11) is -3.17. The highest BCUT2D eigenvalue weighted by atomic mass is 32.2. The van der Waals surface area contributed by atoms with Crippen molar-refractivity contribution < 1.29 is 26.5 Å². The van der Waals surface area contributed by atoms with Crippen LogP contribution >= 0.6 is 0 Å². The van der Waals surface area contributed by atoms with Crippen LogP contribution in [0.15, 0.2) is 28.8 Å². The average Bonchev–Trinajstić information content (AvgIpc) is 3.21. The summed E-state index contributed by atoms with van der Waals surface area (Å²) in [6.07, 6.45) is 0. The third-order valence-electron chi connectivity index (χ3n) is 4.75. The van der Waals surface area contributed by atoms with Gasteiger partial charge in [0.25, 0.3) is 5.91 Å². The Hall–Kier alpha value is -2.37. The van der Waals surface area contributed by atoms with Gasteiger partial charge in [0.15, 0.2) is 23.1 Å². The van der Waals surface area contributed by atoms with E-state index in [1.54, 1.807) is 6.92 Å². The fraction of sp³-hybridized carbons (Fsp3) is 0.444. The number of piperazine rings is 1. The number of carbonyl (C=O) groups is 1. The van der Waals surface area contributed by atoms with Gasteiger partial charge in [-0.2, -0.15) is 4.31 Å². The van der Waals surface area contributed by atoms with Gasteiger partial charge in [0, 0.05) is 50.9 Å². The molecule has 0 aliphatic carbocycles. The molecule has 1 N–H and O–H groups in total. The standard InChI is InChI=1S/C18H22F2N4O4S/c1-2-29(26,27)24-9-7-23(8-10-24)6-5-21-18(25)16-12-17(28-22-16)13-3-4-14(19)15(20)11-13/h3-4,11-12H,2,5-10H2,1H3,(H,21,25). The minimum absolute atomic E-state index is 0.0311. The number of nitrogens with one attached hydrogen (secondary N) is 1. The number of sulfonamides is 1. The average molecular weight is 428 g/mol. The minimum Gasteiger partial charge on any atom is -0.355 e. The van der Waals surface area contributed by atoms with E-state index in [1.807, 2.05) is 0 Å². The number of benzene rings is 1. The van der Waals surface area contributed by atoms with Crippen LogP contribution in [0.4, 0.5) is 8.78 Å². The summed E-state index contributed by atoms with van der Waals surface area (Å²) in [6.45, 7) is 4.61. The Morgan fingerprint density at radius 2 is 1.90 bits per heavy atom. The molecule has 3 rings (SSSR count). The second kappa shape index (κ2) is 8.97. The van der Waals surface area contributed by atoms with Crippen molar-refractivity contribution in [2.75, 3.05) is 45.0 Å². The van der Waals surface area contributed by atoms with Crippen molar-refractivity contribution in [1.29, 1.82) is 0 Å². The fourth-order valence-electron chi connectivity index (χ4n) is 3.00. The van der Waals surface area contributed by atoms with E-state index in [4.69, 9.17) is 4.52 Å². The molecule has 11 heteroatoms. The molecule has 0 spiro atoms. The molecule has 0 atom stereocenters. The zero-order valence-electron chi connectivity index (χ0n) is 15.9. The molecule has 1 saturated heterocycles. The van der Waals surface area contributed by atoms with E-state index in [2.05, 4.69) is 15.4 Å². The van der Waals surface area contributed by atoms with E-state index in [0.717, 1.165) is 12.1 Å². The molecule has 8 nitrogen and oxygen atoms in total. The smallest absolute Gasteiger partial charge is 0.273 e. The highest BCUT2D eigenvalue weighted by Gasteiger charge is 2.25. The normalized spacial score (nSPS) is 16.1. The van der Waals surface area contributed by atoms with Crippen LogP contribution in [0.25, 0.3) is 11.3 Å². The lowest BCUT2D eigenvalue weighted by Crippen LogP contribution is -2.50. The van der Waals surface area contributed by atoms with Gasteiger partial charge in [-0.1, -0.05) is 5.16 Å². The Kier molecular flexibility index (Phi) is 6.60. The largest absolute Gasteiger partial charge is 0.355 e. The van der Waals surface area contributed by atoms with Gasteiger partial charge < -0.3 is 9.84 Å². The Balaban J connectivity index is 1.47. The number of halogens is 2. The quantitative estimate of drug-likeness (QED) is 0.715. The van der Waals surface area contributed by atoms with Crippen molar-refractivity contribution in [3.05, 3.63) is 41.6 Å². The van der Waals surface area contributed by atoms with Crippen molar-refractivity contribution >= 4 is 15.9 Å². The predicted molar refractivity (Wildman–Crippen MR) is 102 cm³/mol. The molecule has 0 unspecified atom stereocenters. The summed E-state index contributed by atoms with van der Waals surface area (Å²) in [5, 5.41) is 6.38. The number of amides is 1. The molecule has 1 aliphatic rings. The van der Waals surface area contributed by atoms with Crippen LogP contribution in [0.1, 0.15) is 17.4 Å². The van der Waals surface area contributed by atoms with Gasteiger partial charge in [0.1, 0.15) is 0 Å². The molecule has 1 aromatic carbocycles. The van der Waals surface area contributed by atoms with Crippen molar-refractivity contribution in [3.63, 3.8) is 0 Å². The van der Waals surface area contributed by atoms with E-state index < -0.39 is 27.6 Å². The summed E-state index contributed by atoms with van der Waals surface area (Å²) < 4.78 is 56.6. The van der Waals surface area contributed by atoms with Crippen LogP contribution in [0.5, 0.6) is 0 Å². The first-order valence-electron chi connectivity index (χ1n) is 9.20. The fourth-order valence-corrected chi connectivity index (χ4v) is 4.08. The van der Waals surface area contributed by atoms with Crippen LogP contribution in [0, 0.1) is 11.6 Å². The van der Waals surface area contributed by atoms with Gasteiger partial charge in [-0.3, -0.25) is 9.69 Å². The minimum atomic E-state index is -3.17. The van der Waals surface area contributed by atoms with Gasteiger partial charge in [0.2, 0.25) is 10.0 Å². The molecule has 1 fully saturated rings. The molecule has 0 saturated carbocycles. The summed E-state index contributed by atoms with van der Waals surface area (Å²) in [6, 6.07) is 4.63. The van der Waals surface area contributed by atoms with Crippen molar-refractivity contribution in [2.24, 2.45) is 0 Å². The van der Waals surface area contributed by atoms with Crippen LogP contribution in [0.3, 0.4) is 0 Å². The molecule has 1 aromatic heterocycles. The summed E-state index contributed by atoms with van der Waals surface area (Å²) in [5.74, 6) is -2.19. The molecule has 1 aliphatic heterocycles. The van der Waals surface area contributed by atoms with E-state index >= 15 is 0 Å². The first kappa shape index (κ1) is 21.3. The number of aromatic nitrogens is 1. The Morgan fingerprint density at radius 1 is 1.17 bits per heavy atom. The monoisotopic (exact) mass is 428 g/mol. The van der Waals surface area contributed by atoms with Gasteiger partial charge in [0.05, 0.1) is 5.75 Å². The second-order valence-corrected chi connectivity index (χ2v) is 8.86. The zero-order chi connectivity index (χ0) is 21.0. The molecule has 29 heavy (non-hydrogen) atoms. The highest BCUT2D eigenvalue weighted by molar-refractivity contribution is 7.89. The number of carbonyl (C=O) groups excluding carboxylic acids is 1. The molecule has 2 heterocycles. The molecule has 0 radical (unpaired) electrons. The van der Waals surface area contributed by atoms with Crippen LogP contribution < -0.4 is 5.32 Å². The molecule has 158 valence electrons. The molecular formula is C18H22F2N4O4S. The molecule has 2 aromatic rings. The molecule has 1 amide bonds. The zero-order valence-corrected chi connectivity index (χ0v) is 16.7. The maximum atomic E-state index is 13.3. The van der Waals surface area contributed by atoms with Gasteiger partial charge >= 0.3 is 0 Å². The number of hydrogen-bond donors (Lipinski definition) is 1. The van der Waals surface area contributed by atoms with E-state index in [0.29, 0.717) is 39.3 Å². The van der Waals surface area contributed by atoms with Gasteiger partial charge in [-0.25, -0.2) is 17.2 Å². The Labute approximate surface area is 167 Å². The van der Waals surface area contributed by atoms with Crippen molar-refractivity contribution in [3.8, 4) is 11.3 Å². The van der Waals surface area contributed by atoms with Crippen molar-refractivity contribution in [1.82, 2.24) is 19.7 Å². The lowest BCUT2D eigenvalue weighted by Gasteiger charge is -2.33. The molecular weight excluding hydrogens is 406 g/mol. The maximum absolute atomic E-state index is 13.3. The van der Waals surface area contributed by atoms with E-state index in [9.17, 15) is 22.0 Å². The predicted octanol–water partition coefficient (Wildman–Crippen LogP) is 1.32. The summed E-state index contributed by atoms with van der Waals surface area (Å²) >= 11 is 0. The van der Waals surface area contributed by atoms with Gasteiger partial charge in [-0.15, -0.1) is 0 Å². The van der Waals surface area contributed by atoms with E-state index in [-0.39, 0.29) is 22.8 Å². The Bertz CT molecular complexity index is 972. The topological polar surface area (TPSA) is 95.8 Å². The third kappa shape index (κ3) is 5.17. The highest BCUT2D eigenvalue weighted by Crippen LogP contribution is 2.22. The number of nitrogens with zero attached hydrogens (tertiary/aromatic N) is 3.